The minimum atomic E-state index is -0.488. The number of nitrogens with zero attached hydrogens (tertiary/aromatic N) is 5. The first kappa shape index (κ1) is 38.6. The fourth-order valence-corrected chi connectivity index (χ4v) is 8.60. The number of carbonyl (C=O) groups is 3. The Morgan fingerprint density at radius 2 is 1.35 bits per heavy atom. The van der Waals surface area contributed by atoms with Crippen LogP contribution in [0.25, 0.3) is 31.0 Å². The molecule has 0 atom stereocenters. The number of ether oxygens (including phenoxy) is 2. The molecule has 0 saturated carbocycles. The van der Waals surface area contributed by atoms with Gasteiger partial charge in [0.2, 0.25) is 0 Å². The molecule has 0 spiro atoms. The highest BCUT2D eigenvalue weighted by Crippen LogP contribution is 2.44. The third-order valence-electron chi connectivity index (χ3n) is 7.78. The monoisotopic (exact) mass is 760 g/mol. The molecule has 5 aromatic rings. The summed E-state index contributed by atoms with van der Waals surface area (Å²) in [6.45, 7) is 13.3. The Bertz CT molecular complexity index is 2020. The highest BCUT2D eigenvalue weighted by atomic mass is 32.1. The molecule has 2 N–H and O–H groups in total. The largest absolute Gasteiger partial charge is 0.444 e. The van der Waals surface area contributed by atoms with Crippen molar-refractivity contribution in [2.45, 2.75) is 85.0 Å². The van der Waals surface area contributed by atoms with Crippen molar-refractivity contribution in [3.05, 3.63) is 64.0 Å². The smallest absolute Gasteiger partial charge is 0.410 e. The zero-order valence-electron chi connectivity index (χ0n) is 30.4. The van der Waals surface area contributed by atoms with E-state index in [1.165, 1.54) is 5.56 Å². The summed E-state index contributed by atoms with van der Waals surface area (Å²) in [5.74, 6) is 0.227. The summed E-state index contributed by atoms with van der Waals surface area (Å²) in [6, 6.07) is 18.1. The number of Topliss-reactive ketones (excluding diaryl/α,β-unsaturated/α-hetero) is 1. The van der Waals surface area contributed by atoms with E-state index < -0.39 is 11.2 Å². The molecule has 0 aliphatic carbocycles. The number of hydrogen-bond donors (Lipinski definition) is 1. The number of piperidine rings is 1. The summed E-state index contributed by atoms with van der Waals surface area (Å²) in [5.41, 5.74) is 9.67. The average molecular weight is 761 g/mol. The maximum absolute atomic E-state index is 12.4. The predicted octanol–water partition coefficient (Wildman–Crippen LogP) is 8.85. The molecule has 3 aromatic heterocycles. The predicted molar refractivity (Wildman–Crippen MR) is 209 cm³/mol. The zero-order valence-corrected chi connectivity index (χ0v) is 32.8. The third kappa shape index (κ3) is 10.3. The second-order valence-electron chi connectivity index (χ2n) is 14.3. The van der Waals surface area contributed by atoms with Crippen LogP contribution in [-0.2, 0) is 33.7 Å². The Morgan fingerprint density at radius 3 is 1.90 bits per heavy atom. The molecular weight excluding hydrogens is 717 g/mol. The van der Waals surface area contributed by atoms with Crippen LogP contribution in [0.1, 0.15) is 69.8 Å². The van der Waals surface area contributed by atoms with Crippen LogP contribution >= 0.6 is 34.0 Å². The average Bonchev–Trinajstić information content (AvgIpc) is 3.77. The number of nitrogen functional groups attached to an aromatic ring is 1. The summed E-state index contributed by atoms with van der Waals surface area (Å²) in [5, 5.41) is 11.1. The van der Waals surface area contributed by atoms with Gasteiger partial charge >= 0.3 is 12.2 Å². The maximum atomic E-state index is 12.4. The fraction of sp³-hybridized carbons (Fsp3) is 0.421. The van der Waals surface area contributed by atoms with Gasteiger partial charge in [-0.15, -0.1) is 34.0 Å². The van der Waals surface area contributed by atoms with Gasteiger partial charge in [0, 0.05) is 42.9 Å². The Morgan fingerprint density at radius 1 is 0.808 bits per heavy atom. The number of rotatable bonds is 2. The van der Waals surface area contributed by atoms with Crippen LogP contribution in [0.3, 0.4) is 0 Å². The SMILES string of the molecule is CC(C)(C)OC(=O)N1CCC(=O)CC1.CC(C)(C)OC(=O)N1CCc2c(sc(N)c2-c2nc3ccccc3s2)C1.N#CCc1nc2ccccc2s1. The van der Waals surface area contributed by atoms with Crippen molar-refractivity contribution in [2.24, 2.45) is 0 Å². The molecule has 5 heterocycles. The number of aromatic nitrogens is 2. The number of hydrogen-bond acceptors (Lipinski definition) is 12. The van der Waals surface area contributed by atoms with Crippen molar-refractivity contribution >= 4 is 77.4 Å². The van der Waals surface area contributed by atoms with E-state index in [1.54, 1.807) is 43.8 Å². The summed E-state index contributed by atoms with van der Waals surface area (Å²) in [7, 11) is 0. The molecule has 0 bridgehead atoms. The summed E-state index contributed by atoms with van der Waals surface area (Å²) in [6.07, 6.45) is 1.52. The molecule has 52 heavy (non-hydrogen) atoms. The van der Waals surface area contributed by atoms with Crippen LogP contribution in [0.2, 0.25) is 0 Å². The Hall–Kier alpha value is -4.58. The van der Waals surface area contributed by atoms with E-state index in [-0.39, 0.29) is 18.0 Å². The number of ketones is 1. The fourth-order valence-electron chi connectivity index (χ4n) is 5.45. The van der Waals surface area contributed by atoms with Gasteiger partial charge in [0.1, 0.15) is 27.0 Å². The molecule has 274 valence electrons. The number of para-hydroxylation sites is 2. The summed E-state index contributed by atoms with van der Waals surface area (Å²) in [4.78, 5) is 48.4. The van der Waals surface area contributed by atoms with E-state index in [0.29, 0.717) is 45.4 Å². The lowest BCUT2D eigenvalue weighted by Crippen LogP contribution is -2.41. The first-order valence-corrected chi connectivity index (χ1v) is 19.5. The van der Waals surface area contributed by atoms with Crippen LogP contribution in [0.15, 0.2) is 48.5 Å². The number of amides is 2. The van der Waals surface area contributed by atoms with Crippen molar-refractivity contribution in [1.29, 1.82) is 5.26 Å². The van der Waals surface area contributed by atoms with Gasteiger partial charge in [-0.1, -0.05) is 24.3 Å². The van der Waals surface area contributed by atoms with E-state index >= 15 is 0 Å². The maximum Gasteiger partial charge on any atom is 0.410 e. The normalized spacial score (nSPS) is 14.4. The first-order chi connectivity index (χ1) is 24.6. The topological polar surface area (TPSA) is 152 Å². The van der Waals surface area contributed by atoms with Crippen molar-refractivity contribution in [3.63, 3.8) is 0 Å². The molecule has 2 aromatic carbocycles. The molecule has 0 radical (unpaired) electrons. The number of thiophene rings is 1. The molecule has 2 amide bonds. The van der Waals surface area contributed by atoms with Crippen molar-refractivity contribution in [3.8, 4) is 16.6 Å². The Balaban J connectivity index is 0.000000169. The molecular formula is C38H44N6O5S3. The van der Waals surface area contributed by atoms with Crippen LogP contribution < -0.4 is 5.73 Å². The quantitative estimate of drug-likeness (QED) is 0.186. The van der Waals surface area contributed by atoms with Gasteiger partial charge in [0.25, 0.3) is 0 Å². The number of fused-ring (bicyclic) bond motifs is 3. The van der Waals surface area contributed by atoms with Crippen molar-refractivity contribution in [2.75, 3.05) is 25.4 Å². The van der Waals surface area contributed by atoms with Gasteiger partial charge in [-0.3, -0.25) is 4.79 Å². The Kier molecular flexibility index (Phi) is 12.2. The van der Waals surface area contributed by atoms with E-state index in [9.17, 15) is 14.4 Å². The second-order valence-corrected chi connectivity index (χ2v) is 17.6. The van der Waals surface area contributed by atoms with E-state index in [2.05, 4.69) is 17.1 Å². The van der Waals surface area contributed by atoms with Gasteiger partial charge in [-0.25, -0.2) is 19.6 Å². The highest BCUT2D eigenvalue weighted by molar-refractivity contribution is 7.22. The van der Waals surface area contributed by atoms with Gasteiger partial charge in [-0.2, -0.15) is 5.26 Å². The minimum absolute atomic E-state index is 0.227. The molecule has 1 saturated heterocycles. The minimum Gasteiger partial charge on any atom is -0.444 e. The molecule has 1 fully saturated rings. The van der Waals surface area contributed by atoms with Gasteiger partial charge in [0.15, 0.2) is 0 Å². The molecule has 2 aliphatic heterocycles. The van der Waals surface area contributed by atoms with Gasteiger partial charge in [0.05, 0.1) is 44.5 Å². The van der Waals surface area contributed by atoms with E-state index in [4.69, 9.17) is 25.5 Å². The number of carbonyl (C=O) groups excluding carboxylic acids is 3. The number of anilines is 1. The summed E-state index contributed by atoms with van der Waals surface area (Å²) >= 11 is 4.81. The molecule has 11 nitrogen and oxygen atoms in total. The highest BCUT2D eigenvalue weighted by Gasteiger charge is 2.30. The van der Waals surface area contributed by atoms with E-state index in [0.717, 1.165) is 52.3 Å². The van der Waals surface area contributed by atoms with Crippen LogP contribution in [0.4, 0.5) is 14.6 Å². The third-order valence-corrected chi connectivity index (χ3v) is 10.9. The number of nitrogens with two attached hydrogens (primary N) is 1. The van der Waals surface area contributed by atoms with E-state index in [1.807, 2.05) is 84.0 Å². The summed E-state index contributed by atoms with van der Waals surface area (Å²) < 4.78 is 13.0. The van der Waals surface area contributed by atoms with Crippen molar-refractivity contribution in [1.82, 2.24) is 19.8 Å². The first-order valence-electron chi connectivity index (χ1n) is 17.0. The van der Waals surface area contributed by atoms with Crippen LogP contribution in [0.5, 0.6) is 0 Å². The van der Waals surface area contributed by atoms with Crippen LogP contribution in [-0.4, -0.2) is 68.6 Å². The second kappa shape index (κ2) is 16.4. The zero-order chi connectivity index (χ0) is 37.6. The molecule has 7 rings (SSSR count). The van der Waals surface area contributed by atoms with Crippen molar-refractivity contribution < 1.29 is 23.9 Å². The van der Waals surface area contributed by atoms with Gasteiger partial charge < -0.3 is 25.0 Å². The number of benzene rings is 2. The molecule has 14 heteroatoms. The number of nitriles is 1. The number of thiazole rings is 2. The van der Waals surface area contributed by atoms with Gasteiger partial charge in [-0.05, 0) is 77.8 Å². The molecule has 2 aliphatic rings. The number of likely N-dealkylation sites (tertiary alicyclic amines) is 1. The van der Waals surface area contributed by atoms with Crippen LogP contribution in [0, 0.1) is 11.3 Å². The Labute approximate surface area is 316 Å². The lowest BCUT2D eigenvalue weighted by atomic mass is 10.0. The lowest BCUT2D eigenvalue weighted by Gasteiger charge is -2.30. The molecule has 0 unspecified atom stereocenters. The standard InChI is InChI=1S/C19H21N3O2S2.C10H17NO3.C9H6N2S/c1-19(2,3)24-18(23)22-9-8-11-14(10-22)25-16(20)15(11)17-21-12-6-4-5-7-13(12)26-17;1-10(2,3)14-9(13)11-6-4-8(12)5-7-11;10-6-5-9-11-7-3-1-2-4-8(7)12-9/h4-7H,8-10,20H2,1-3H3;4-7H2,1-3H3;1-4H,5H2. The lowest BCUT2D eigenvalue weighted by molar-refractivity contribution is -0.121.